The van der Waals surface area contributed by atoms with Gasteiger partial charge >= 0.3 is 0 Å². The van der Waals surface area contributed by atoms with Gasteiger partial charge in [-0.3, -0.25) is 4.68 Å². The van der Waals surface area contributed by atoms with E-state index in [1.165, 1.54) is 32.1 Å². The highest BCUT2D eigenvalue weighted by molar-refractivity contribution is 6.22. The summed E-state index contributed by atoms with van der Waals surface area (Å²) in [4.78, 5) is 0. The average Bonchev–Trinajstić information content (AvgIpc) is 2.95. The Balaban J connectivity index is 1.90. The normalized spacial score (nSPS) is 17.8. The second-order valence-corrected chi connectivity index (χ2v) is 6.29. The highest BCUT2D eigenvalue weighted by atomic mass is 35.5. The highest BCUT2D eigenvalue weighted by Crippen LogP contribution is 2.27. The van der Waals surface area contributed by atoms with Crippen LogP contribution in [0.25, 0.3) is 0 Å². The van der Waals surface area contributed by atoms with Crippen LogP contribution in [0.4, 0.5) is 0 Å². The van der Waals surface area contributed by atoms with Gasteiger partial charge in [-0.25, -0.2) is 0 Å². The molecule has 0 bridgehead atoms. The minimum atomic E-state index is -0.224. The highest BCUT2D eigenvalue weighted by Gasteiger charge is 2.22. The van der Waals surface area contributed by atoms with Gasteiger partial charge in [0.1, 0.15) is 0 Å². The monoisotopic (exact) mass is 303 g/mol. The van der Waals surface area contributed by atoms with Gasteiger partial charge in [-0.05, 0) is 25.8 Å². The largest absolute Gasteiger partial charge is 0.304 e. The fraction of sp³-hybridized carbons (Fsp3) is 0.786. The molecule has 1 aromatic rings. The first-order valence-corrected chi connectivity index (χ1v) is 8.15. The van der Waals surface area contributed by atoms with E-state index in [0.29, 0.717) is 17.8 Å². The molecule has 0 aliphatic heterocycles. The molecule has 0 amide bonds. The van der Waals surface area contributed by atoms with Crippen molar-refractivity contribution in [3.63, 3.8) is 0 Å². The summed E-state index contributed by atoms with van der Waals surface area (Å²) in [6.07, 6.45) is 8.65. The van der Waals surface area contributed by atoms with Gasteiger partial charge in [0, 0.05) is 30.0 Å². The second-order valence-electron chi connectivity index (χ2n) is 5.76. The molecule has 1 saturated carbocycles. The van der Waals surface area contributed by atoms with Crippen LogP contribution in [0, 0.1) is 0 Å². The molecule has 1 N–H and O–H groups in total. The summed E-state index contributed by atoms with van der Waals surface area (Å²) in [6.45, 7) is 2.75. The van der Waals surface area contributed by atoms with Gasteiger partial charge in [-0.15, -0.1) is 23.2 Å². The van der Waals surface area contributed by atoms with Gasteiger partial charge in [0.05, 0.1) is 11.7 Å². The van der Waals surface area contributed by atoms with Gasteiger partial charge in [0.2, 0.25) is 0 Å². The van der Waals surface area contributed by atoms with Crippen molar-refractivity contribution in [1.29, 1.82) is 0 Å². The minimum absolute atomic E-state index is 0.224. The van der Waals surface area contributed by atoms with Gasteiger partial charge in [-0.2, -0.15) is 5.10 Å². The van der Waals surface area contributed by atoms with E-state index in [9.17, 15) is 0 Å². The zero-order valence-corrected chi connectivity index (χ0v) is 13.1. The van der Waals surface area contributed by atoms with Crippen molar-refractivity contribution in [2.75, 3.05) is 11.8 Å². The molecule has 0 spiro atoms. The van der Waals surface area contributed by atoms with Crippen molar-refractivity contribution in [3.8, 4) is 0 Å². The van der Waals surface area contributed by atoms with Crippen LogP contribution in [-0.4, -0.2) is 27.1 Å². The number of hydrogen-bond acceptors (Lipinski definition) is 2. The van der Waals surface area contributed by atoms with Crippen LogP contribution in [0.1, 0.15) is 50.8 Å². The van der Waals surface area contributed by atoms with Crippen LogP contribution in [0.15, 0.2) is 12.3 Å². The Morgan fingerprint density at radius 3 is 2.63 bits per heavy atom. The molecule has 1 aliphatic carbocycles. The third kappa shape index (κ3) is 4.11. The summed E-state index contributed by atoms with van der Waals surface area (Å²) in [6, 6.07) is 2.68. The van der Waals surface area contributed by atoms with Crippen molar-refractivity contribution >= 4 is 23.2 Å². The molecular formula is C14H23Cl2N3. The SMILES string of the molecule is CC(CCl)(CCl)NCc1ccn(C2CCCCC2)n1. The summed E-state index contributed by atoms with van der Waals surface area (Å²) in [7, 11) is 0. The summed E-state index contributed by atoms with van der Waals surface area (Å²) >= 11 is 11.9. The number of hydrogen-bond donors (Lipinski definition) is 1. The summed E-state index contributed by atoms with van der Waals surface area (Å²) in [5, 5.41) is 8.06. The lowest BCUT2D eigenvalue weighted by Crippen LogP contribution is -2.45. The van der Waals surface area contributed by atoms with Crippen LogP contribution >= 0.6 is 23.2 Å². The molecule has 3 nitrogen and oxygen atoms in total. The quantitative estimate of drug-likeness (QED) is 0.812. The lowest BCUT2D eigenvalue weighted by Gasteiger charge is -2.25. The smallest absolute Gasteiger partial charge is 0.0762 e. The van der Waals surface area contributed by atoms with Crippen LogP contribution in [0.2, 0.25) is 0 Å². The van der Waals surface area contributed by atoms with Crippen LogP contribution in [0.5, 0.6) is 0 Å². The first kappa shape index (κ1) is 15.1. The third-order valence-corrected chi connectivity index (χ3v) is 5.08. The van der Waals surface area contributed by atoms with Gasteiger partial charge in [-0.1, -0.05) is 19.3 Å². The predicted molar refractivity (Wildman–Crippen MR) is 81.0 cm³/mol. The molecule has 1 heterocycles. The average molecular weight is 304 g/mol. The van der Waals surface area contributed by atoms with E-state index in [4.69, 9.17) is 23.2 Å². The molecule has 1 aliphatic rings. The van der Waals surface area contributed by atoms with E-state index in [0.717, 1.165) is 12.2 Å². The fourth-order valence-corrected chi connectivity index (χ4v) is 2.93. The molecule has 1 fully saturated rings. The van der Waals surface area contributed by atoms with Crippen molar-refractivity contribution in [1.82, 2.24) is 15.1 Å². The van der Waals surface area contributed by atoms with Gasteiger partial charge in [0.25, 0.3) is 0 Å². The van der Waals surface area contributed by atoms with E-state index in [1.807, 2.05) is 6.92 Å². The maximum atomic E-state index is 5.93. The first-order valence-electron chi connectivity index (χ1n) is 7.08. The lowest BCUT2D eigenvalue weighted by atomic mass is 9.96. The number of nitrogens with zero attached hydrogens (tertiary/aromatic N) is 2. The second kappa shape index (κ2) is 6.96. The van der Waals surface area contributed by atoms with E-state index in [2.05, 4.69) is 27.4 Å². The maximum absolute atomic E-state index is 5.93. The van der Waals surface area contributed by atoms with Crippen molar-refractivity contribution in [3.05, 3.63) is 18.0 Å². The van der Waals surface area contributed by atoms with Gasteiger partial charge in [0.15, 0.2) is 0 Å². The molecule has 1 aromatic heterocycles. The zero-order valence-electron chi connectivity index (χ0n) is 11.5. The maximum Gasteiger partial charge on any atom is 0.0762 e. The van der Waals surface area contributed by atoms with Crippen LogP contribution in [-0.2, 0) is 6.54 Å². The first-order chi connectivity index (χ1) is 9.17. The van der Waals surface area contributed by atoms with Gasteiger partial charge < -0.3 is 5.32 Å². The number of nitrogens with one attached hydrogen (secondary N) is 1. The fourth-order valence-electron chi connectivity index (χ4n) is 2.45. The van der Waals surface area contributed by atoms with Crippen molar-refractivity contribution in [2.45, 2.75) is 57.2 Å². The molecule has 0 unspecified atom stereocenters. The molecule has 0 aromatic carbocycles. The Hall–Kier alpha value is -0.250. The van der Waals surface area contributed by atoms with Crippen molar-refractivity contribution < 1.29 is 0 Å². The molecule has 5 heteroatoms. The summed E-state index contributed by atoms with van der Waals surface area (Å²) in [5.74, 6) is 1.000. The number of alkyl halides is 2. The number of rotatable bonds is 6. The standard InChI is InChI=1S/C14H23Cl2N3/c1-14(10-15,11-16)17-9-12-7-8-19(18-12)13-5-3-2-4-6-13/h7-8,13,17H,2-6,9-11H2,1H3. The Morgan fingerprint density at radius 2 is 2.00 bits per heavy atom. The van der Waals surface area contributed by atoms with Crippen LogP contribution < -0.4 is 5.32 Å². The molecule has 0 radical (unpaired) electrons. The molecule has 2 rings (SSSR count). The zero-order chi connectivity index (χ0) is 13.7. The predicted octanol–water partition coefficient (Wildman–Crippen LogP) is 3.71. The lowest BCUT2D eigenvalue weighted by molar-refractivity contribution is 0.326. The summed E-state index contributed by atoms with van der Waals surface area (Å²) in [5.41, 5.74) is 0.838. The molecular weight excluding hydrogens is 281 g/mol. The Kier molecular flexibility index (Phi) is 5.55. The van der Waals surface area contributed by atoms with E-state index in [-0.39, 0.29) is 5.54 Å². The number of aromatic nitrogens is 2. The topological polar surface area (TPSA) is 29.9 Å². The Labute approximate surface area is 125 Å². The molecule has 0 atom stereocenters. The molecule has 108 valence electrons. The number of halogens is 2. The summed E-state index contributed by atoms with van der Waals surface area (Å²) < 4.78 is 2.13. The Bertz CT molecular complexity index is 382. The van der Waals surface area contributed by atoms with E-state index in [1.54, 1.807) is 0 Å². The van der Waals surface area contributed by atoms with Crippen LogP contribution in [0.3, 0.4) is 0 Å². The van der Waals surface area contributed by atoms with Crippen molar-refractivity contribution in [2.24, 2.45) is 0 Å². The minimum Gasteiger partial charge on any atom is -0.304 e. The van der Waals surface area contributed by atoms with E-state index >= 15 is 0 Å². The van der Waals surface area contributed by atoms with E-state index < -0.39 is 0 Å². The molecule has 19 heavy (non-hydrogen) atoms. The third-order valence-electron chi connectivity index (χ3n) is 3.90. The molecule has 0 saturated heterocycles. The Morgan fingerprint density at radius 1 is 1.32 bits per heavy atom.